The zero-order valence-electron chi connectivity index (χ0n) is 24.5. The van der Waals surface area contributed by atoms with Crippen LogP contribution in [-0.4, -0.2) is 21.4 Å². The van der Waals surface area contributed by atoms with Gasteiger partial charge in [0.25, 0.3) is 0 Å². The van der Waals surface area contributed by atoms with Crippen molar-refractivity contribution in [2.24, 2.45) is 0 Å². The molecule has 7 rings (SSSR count). The molecule has 0 aliphatic carbocycles. The van der Waals surface area contributed by atoms with E-state index in [1.807, 2.05) is 75.4 Å². The van der Waals surface area contributed by atoms with Gasteiger partial charge in [0, 0.05) is 27.6 Å². The van der Waals surface area contributed by atoms with Crippen LogP contribution in [0.5, 0.6) is 5.75 Å². The fraction of sp³-hybridized carbons (Fsp3) is 0.135. The summed E-state index contributed by atoms with van der Waals surface area (Å²) in [6.45, 7) is 8.65. The average Bonchev–Trinajstić information content (AvgIpc) is 3.67. The Hall–Kier alpha value is -5.16. The highest BCUT2D eigenvalue weighted by atomic mass is 16.5. The molecule has 0 atom stereocenters. The molecule has 0 fully saturated rings. The van der Waals surface area contributed by atoms with E-state index in [1.165, 1.54) is 27.4 Å². The third-order valence-corrected chi connectivity index (χ3v) is 6.71. The normalized spacial score (nSPS) is 10.5. The summed E-state index contributed by atoms with van der Waals surface area (Å²) < 4.78 is 13.8. The van der Waals surface area contributed by atoms with Gasteiger partial charge in [0.15, 0.2) is 0 Å². The molecule has 0 unspecified atom stereocenters. The Balaban J connectivity index is 0.000000341. The molecule has 210 valence electrons. The molecule has 0 amide bonds. The van der Waals surface area contributed by atoms with Gasteiger partial charge < -0.3 is 13.7 Å². The van der Waals surface area contributed by atoms with Crippen molar-refractivity contribution in [1.82, 2.24) is 14.8 Å². The number of para-hydroxylation sites is 2. The first-order valence-electron chi connectivity index (χ1n) is 14.4. The van der Waals surface area contributed by atoms with E-state index in [4.69, 9.17) is 9.15 Å². The van der Waals surface area contributed by atoms with Crippen LogP contribution in [0, 0.1) is 6.92 Å². The number of benzene rings is 5. The van der Waals surface area contributed by atoms with Crippen LogP contribution in [0.4, 0.5) is 0 Å². The largest absolute Gasteiger partial charge is 0.494 e. The van der Waals surface area contributed by atoms with Gasteiger partial charge in [-0.15, -0.1) is 10.2 Å². The van der Waals surface area contributed by atoms with Crippen molar-refractivity contribution in [3.8, 4) is 34.3 Å². The van der Waals surface area contributed by atoms with E-state index in [2.05, 4.69) is 94.5 Å². The molecule has 5 heteroatoms. The van der Waals surface area contributed by atoms with Crippen LogP contribution in [-0.2, 0) is 0 Å². The highest BCUT2D eigenvalue weighted by Gasteiger charge is 2.14. The van der Waals surface area contributed by atoms with Gasteiger partial charge in [0.05, 0.1) is 17.6 Å². The fourth-order valence-electron chi connectivity index (χ4n) is 4.83. The van der Waals surface area contributed by atoms with Gasteiger partial charge in [-0.2, -0.15) is 0 Å². The van der Waals surface area contributed by atoms with Gasteiger partial charge in [-0.1, -0.05) is 92.2 Å². The number of nitrogens with zero attached hydrogens (tertiary/aromatic N) is 3. The first-order chi connectivity index (χ1) is 20.7. The number of aryl methyl sites for hydroxylation is 1. The molecule has 5 nitrogen and oxygen atoms in total. The van der Waals surface area contributed by atoms with Crippen LogP contribution in [0.3, 0.4) is 0 Å². The van der Waals surface area contributed by atoms with Gasteiger partial charge >= 0.3 is 0 Å². The van der Waals surface area contributed by atoms with E-state index in [-0.39, 0.29) is 0 Å². The zero-order valence-corrected chi connectivity index (χ0v) is 24.5. The standard InChI is InChI=1S/C28H21N3O2.C7H8.C2H6/c1-2-32-22-9-7-8-20(18-22)28-30-29-27(33-28)19-14-16-21(17-15-19)31-25-12-5-3-10-23(25)24-11-4-6-13-26(24)31;1-7-5-3-2-4-6-7;1-2/h3-18H,2H2,1H3;2-6H,1H3;1-2H3. The lowest BCUT2D eigenvalue weighted by atomic mass is 10.2. The lowest BCUT2D eigenvalue weighted by Gasteiger charge is -2.08. The van der Waals surface area contributed by atoms with Crippen LogP contribution >= 0.6 is 0 Å². The summed E-state index contributed by atoms with van der Waals surface area (Å²) in [7, 11) is 0. The van der Waals surface area contributed by atoms with E-state index in [1.54, 1.807) is 0 Å². The Morgan fingerprint density at radius 3 is 1.76 bits per heavy atom. The van der Waals surface area contributed by atoms with Crippen molar-refractivity contribution in [3.05, 3.63) is 133 Å². The summed E-state index contributed by atoms with van der Waals surface area (Å²) in [6, 6.07) is 43.1. The second-order valence-electron chi connectivity index (χ2n) is 9.44. The average molecular weight is 554 g/mol. The highest BCUT2D eigenvalue weighted by molar-refractivity contribution is 6.09. The van der Waals surface area contributed by atoms with Crippen LogP contribution in [0.1, 0.15) is 26.3 Å². The SMILES string of the molecule is CC.CCOc1cccc(-c2nnc(-c3ccc(-n4c5ccccc5c5ccccc54)cc3)o2)c1.Cc1ccccc1. The summed E-state index contributed by atoms with van der Waals surface area (Å²) in [6.07, 6.45) is 0. The maximum Gasteiger partial charge on any atom is 0.248 e. The first-order valence-corrected chi connectivity index (χ1v) is 14.4. The molecule has 0 saturated carbocycles. The molecule has 2 heterocycles. The summed E-state index contributed by atoms with van der Waals surface area (Å²) in [5.74, 6) is 1.74. The molecular weight excluding hydrogens is 518 g/mol. The fourth-order valence-corrected chi connectivity index (χ4v) is 4.83. The summed E-state index contributed by atoms with van der Waals surface area (Å²) in [5.41, 5.74) is 6.48. The lowest BCUT2D eigenvalue weighted by Crippen LogP contribution is -1.93. The maximum atomic E-state index is 5.98. The number of fused-ring (bicyclic) bond motifs is 3. The van der Waals surface area contributed by atoms with Gasteiger partial charge in [-0.05, 0) is 68.4 Å². The Labute approximate surface area is 247 Å². The molecule has 5 aromatic carbocycles. The maximum absolute atomic E-state index is 5.98. The Morgan fingerprint density at radius 2 is 1.19 bits per heavy atom. The van der Waals surface area contributed by atoms with Gasteiger partial charge in [-0.25, -0.2) is 0 Å². The minimum atomic E-state index is 0.470. The number of rotatable bonds is 5. The monoisotopic (exact) mass is 553 g/mol. The predicted octanol–water partition coefficient (Wildman–Crippen LogP) is 9.92. The third kappa shape index (κ3) is 6.11. The number of ether oxygens (including phenoxy) is 1. The molecule has 0 aliphatic heterocycles. The Morgan fingerprint density at radius 1 is 0.619 bits per heavy atom. The molecule has 7 aromatic rings. The van der Waals surface area contributed by atoms with Crippen LogP contribution < -0.4 is 4.74 Å². The predicted molar refractivity (Wildman–Crippen MR) is 173 cm³/mol. The van der Waals surface area contributed by atoms with Crippen molar-refractivity contribution in [2.45, 2.75) is 27.7 Å². The Kier molecular flexibility index (Phi) is 9.10. The van der Waals surface area contributed by atoms with Crippen molar-refractivity contribution in [3.63, 3.8) is 0 Å². The second kappa shape index (κ2) is 13.5. The van der Waals surface area contributed by atoms with E-state index in [0.717, 1.165) is 22.6 Å². The summed E-state index contributed by atoms with van der Waals surface area (Å²) in [5, 5.41) is 11.0. The van der Waals surface area contributed by atoms with Gasteiger partial charge in [-0.3, -0.25) is 0 Å². The Bertz CT molecular complexity index is 1820. The lowest BCUT2D eigenvalue weighted by molar-refractivity contribution is 0.340. The minimum Gasteiger partial charge on any atom is -0.494 e. The molecule has 0 N–H and O–H groups in total. The van der Waals surface area contributed by atoms with Crippen molar-refractivity contribution >= 4 is 21.8 Å². The van der Waals surface area contributed by atoms with Crippen LogP contribution in [0.15, 0.2) is 132 Å². The van der Waals surface area contributed by atoms with Gasteiger partial charge in [0.2, 0.25) is 11.8 Å². The smallest absolute Gasteiger partial charge is 0.248 e. The topological polar surface area (TPSA) is 53.1 Å². The molecule has 0 saturated heterocycles. The van der Waals surface area contributed by atoms with Crippen LogP contribution in [0.25, 0.3) is 50.4 Å². The molecule has 0 bridgehead atoms. The van der Waals surface area contributed by atoms with E-state index in [9.17, 15) is 0 Å². The third-order valence-electron chi connectivity index (χ3n) is 6.71. The molecule has 0 radical (unpaired) electrons. The number of aromatic nitrogens is 3. The van der Waals surface area contributed by atoms with Gasteiger partial charge in [0.1, 0.15) is 5.75 Å². The summed E-state index contributed by atoms with van der Waals surface area (Å²) >= 11 is 0. The number of hydrogen-bond donors (Lipinski definition) is 0. The molecule has 0 aliphatic rings. The zero-order chi connectivity index (χ0) is 29.3. The molecule has 42 heavy (non-hydrogen) atoms. The quantitative estimate of drug-likeness (QED) is 0.213. The van der Waals surface area contributed by atoms with E-state index in [0.29, 0.717) is 18.4 Å². The second-order valence-corrected chi connectivity index (χ2v) is 9.44. The summed E-state index contributed by atoms with van der Waals surface area (Å²) in [4.78, 5) is 0. The molecule has 0 spiro atoms. The molecule has 2 aromatic heterocycles. The van der Waals surface area contributed by atoms with Crippen molar-refractivity contribution < 1.29 is 9.15 Å². The van der Waals surface area contributed by atoms with Crippen molar-refractivity contribution in [1.29, 1.82) is 0 Å². The van der Waals surface area contributed by atoms with E-state index >= 15 is 0 Å². The van der Waals surface area contributed by atoms with Crippen molar-refractivity contribution in [2.75, 3.05) is 6.61 Å². The van der Waals surface area contributed by atoms with Crippen LogP contribution in [0.2, 0.25) is 0 Å². The molecular formula is C37H35N3O2. The van der Waals surface area contributed by atoms with E-state index < -0.39 is 0 Å². The number of hydrogen-bond acceptors (Lipinski definition) is 4. The highest BCUT2D eigenvalue weighted by Crippen LogP contribution is 2.33. The first kappa shape index (κ1) is 28.4. The minimum absolute atomic E-state index is 0.470.